The van der Waals surface area contributed by atoms with Crippen molar-refractivity contribution in [3.05, 3.63) is 52.9 Å². The summed E-state index contributed by atoms with van der Waals surface area (Å²) in [6, 6.07) is 8.31. The van der Waals surface area contributed by atoms with Crippen LogP contribution in [0.3, 0.4) is 0 Å². The largest absolute Gasteiger partial charge is 0.493 e. The number of hydrogen-bond donors (Lipinski definition) is 0. The van der Waals surface area contributed by atoms with Crippen LogP contribution in [0.15, 0.2) is 41.7 Å². The molecule has 0 N–H and O–H groups in total. The van der Waals surface area contributed by atoms with Crippen LogP contribution < -0.4 is 19.1 Å². The van der Waals surface area contributed by atoms with Gasteiger partial charge in [0.25, 0.3) is 5.91 Å². The quantitative estimate of drug-likeness (QED) is 0.638. The van der Waals surface area contributed by atoms with Gasteiger partial charge in [-0.25, -0.2) is 4.98 Å². The lowest BCUT2D eigenvalue weighted by atomic mass is 9.74. The molecule has 1 saturated carbocycles. The molecular formula is C27H30N2O6. The summed E-state index contributed by atoms with van der Waals surface area (Å²) in [6.45, 7) is 4.02. The number of hydrogen-bond acceptors (Lipinski definition) is 7. The molecule has 1 aliphatic carbocycles. The molecule has 8 heteroatoms. The first-order valence-electron chi connectivity index (χ1n) is 11.9. The predicted molar refractivity (Wildman–Crippen MR) is 129 cm³/mol. The van der Waals surface area contributed by atoms with E-state index in [4.69, 9.17) is 18.9 Å². The van der Waals surface area contributed by atoms with Crippen molar-refractivity contribution in [3.63, 3.8) is 0 Å². The lowest BCUT2D eigenvalue weighted by Gasteiger charge is -2.37. The number of anilines is 1. The molecule has 1 fully saturated rings. The van der Waals surface area contributed by atoms with Crippen molar-refractivity contribution in [3.8, 4) is 17.2 Å². The molecule has 2 aromatic rings. The van der Waals surface area contributed by atoms with Crippen molar-refractivity contribution >= 4 is 17.5 Å². The van der Waals surface area contributed by atoms with Crippen LogP contribution in [0.5, 0.6) is 17.2 Å². The summed E-state index contributed by atoms with van der Waals surface area (Å²) >= 11 is 0. The molecule has 1 aromatic heterocycles. The molecule has 5 rings (SSSR count). The van der Waals surface area contributed by atoms with Gasteiger partial charge in [0.1, 0.15) is 11.9 Å². The van der Waals surface area contributed by atoms with E-state index in [1.807, 2.05) is 19.1 Å². The Morgan fingerprint density at radius 3 is 2.37 bits per heavy atom. The molecule has 8 nitrogen and oxygen atoms in total. The van der Waals surface area contributed by atoms with Gasteiger partial charge in [-0.1, -0.05) is 13.0 Å². The number of methoxy groups -OCH3 is 3. The molecule has 4 atom stereocenters. The van der Waals surface area contributed by atoms with Gasteiger partial charge in [0.05, 0.1) is 38.9 Å². The van der Waals surface area contributed by atoms with E-state index < -0.39 is 6.04 Å². The smallest absolute Gasteiger partial charge is 0.295 e. The highest BCUT2D eigenvalue weighted by Gasteiger charge is 2.53. The van der Waals surface area contributed by atoms with E-state index in [1.54, 1.807) is 23.1 Å². The Bertz CT molecular complexity index is 1200. The maximum absolute atomic E-state index is 14.0. The molecule has 1 aromatic carbocycles. The van der Waals surface area contributed by atoms with Crippen LogP contribution in [-0.4, -0.2) is 44.1 Å². The fourth-order valence-corrected chi connectivity index (χ4v) is 5.55. The second-order valence-electron chi connectivity index (χ2n) is 9.46. The van der Waals surface area contributed by atoms with Crippen LogP contribution in [0.4, 0.5) is 5.82 Å². The molecule has 3 aliphatic rings. The Morgan fingerprint density at radius 2 is 1.74 bits per heavy atom. The minimum Gasteiger partial charge on any atom is -0.493 e. The predicted octanol–water partition coefficient (Wildman–Crippen LogP) is 4.16. The average molecular weight is 479 g/mol. The molecule has 3 heterocycles. The number of carbonyl (C=O) groups is 2. The first-order valence-corrected chi connectivity index (χ1v) is 11.9. The number of ether oxygens (including phenoxy) is 4. The van der Waals surface area contributed by atoms with E-state index >= 15 is 0 Å². The van der Waals surface area contributed by atoms with Gasteiger partial charge in [-0.15, -0.1) is 0 Å². The van der Waals surface area contributed by atoms with Crippen molar-refractivity contribution in [1.29, 1.82) is 0 Å². The number of amides is 1. The third-order valence-corrected chi connectivity index (χ3v) is 7.23. The van der Waals surface area contributed by atoms with Crippen molar-refractivity contribution < 1.29 is 28.5 Å². The Labute approximate surface area is 204 Å². The zero-order valence-corrected chi connectivity index (χ0v) is 20.7. The molecule has 184 valence electrons. The van der Waals surface area contributed by atoms with E-state index in [2.05, 4.69) is 11.9 Å². The van der Waals surface area contributed by atoms with E-state index in [0.717, 1.165) is 25.0 Å². The maximum atomic E-state index is 14.0. The summed E-state index contributed by atoms with van der Waals surface area (Å²) in [5.41, 5.74) is 1.79. The van der Waals surface area contributed by atoms with E-state index in [0.29, 0.717) is 40.1 Å². The summed E-state index contributed by atoms with van der Waals surface area (Å²) in [5.74, 6) is 1.68. The summed E-state index contributed by atoms with van der Waals surface area (Å²) in [4.78, 5) is 33.9. The van der Waals surface area contributed by atoms with Crippen LogP contribution in [0.25, 0.3) is 0 Å². The number of pyridine rings is 1. The fourth-order valence-electron chi connectivity index (χ4n) is 5.55. The number of Topliss-reactive ketones (excluding diaryl/α,β-unsaturated/α-hetero) is 1. The molecule has 35 heavy (non-hydrogen) atoms. The molecule has 0 spiro atoms. The highest BCUT2D eigenvalue weighted by atomic mass is 16.5. The van der Waals surface area contributed by atoms with Gasteiger partial charge in [-0.2, -0.15) is 0 Å². The number of ketones is 1. The van der Waals surface area contributed by atoms with Crippen LogP contribution in [0, 0.1) is 18.8 Å². The zero-order valence-electron chi connectivity index (χ0n) is 20.7. The molecule has 2 aliphatic heterocycles. The summed E-state index contributed by atoms with van der Waals surface area (Å²) in [6.07, 6.45) is 2.22. The van der Waals surface area contributed by atoms with Crippen molar-refractivity contribution in [2.45, 2.75) is 45.3 Å². The van der Waals surface area contributed by atoms with Gasteiger partial charge in [0, 0.05) is 5.69 Å². The highest BCUT2D eigenvalue weighted by Crippen LogP contribution is 2.50. The number of rotatable bonds is 5. The monoisotopic (exact) mass is 478 g/mol. The van der Waals surface area contributed by atoms with E-state index in [9.17, 15) is 9.59 Å². The second-order valence-corrected chi connectivity index (χ2v) is 9.46. The highest BCUT2D eigenvalue weighted by molar-refractivity contribution is 6.17. The minimum atomic E-state index is -0.730. The van der Waals surface area contributed by atoms with Crippen molar-refractivity contribution in [1.82, 2.24) is 4.98 Å². The van der Waals surface area contributed by atoms with E-state index in [-0.39, 0.29) is 29.5 Å². The van der Waals surface area contributed by atoms with Crippen LogP contribution in [0.1, 0.15) is 43.5 Å². The molecule has 0 saturated heterocycles. The SMILES string of the molecule is COc1cc(C2C3=C(OC4CCC(C)CC4C3=O)C(=O)N2c2cccc(C)n2)cc(OC)c1OC. The van der Waals surface area contributed by atoms with Crippen molar-refractivity contribution in [2.24, 2.45) is 11.8 Å². The third-order valence-electron chi connectivity index (χ3n) is 7.23. The van der Waals surface area contributed by atoms with Gasteiger partial charge < -0.3 is 18.9 Å². The number of aromatic nitrogens is 1. The van der Waals surface area contributed by atoms with Gasteiger partial charge >= 0.3 is 0 Å². The van der Waals surface area contributed by atoms with Gasteiger partial charge in [-0.05, 0) is 61.9 Å². The number of carbonyl (C=O) groups excluding carboxylic acids is 2. The number of benzene rings is 1. The van der Waals surface area contributed by atoms with Crippen LogP contribution >= 0.6 is 0 Å². The zero-order chi connectivity index (χ0) is 24.9. The number of nitrogens with zero attached hydrogens (tertiary/aromatic N) is 2. The Balaban J connectivity index is 1.71. The Kier molecular flexibility index (Phi) is 5.91. The van der Waals surface area contributed by atoms with Gasteiger partial charge in [0.2, 0.25) is 5.75 Å². The van der Waals surface area contributed by atoms with Crippen molar-refractivity contribution in [2.75, 3.05) is 26.2 Å². The standard InChI is InChI=1S/C27H30N2O6/c1-14-9-10-18-17(11-14)24(30)22-23(16-12-19(32-3)25(34-5)20(13-16)33-4)29(27(31)26(22)35-18)21-8-6-7-15(2)28-21/h6-8,12-14,17-18,23H,9-11H2,1-5H3. The molecular weight excluding hydrogens is 448 g/mol. The second kappa shape index (κ2) is 8.91. The first-order chi connectivity index (χ1) is 16.9. The molecule has 4 unspecified atom stereocenters. The third kappa shape index (κ3) is 3.72. The normalized spacial score (nSPS) is 25.7. The van der Waals surface area contributed by atoms with Gasteiger partial charge in [-0.3, -0.25) is 14.5 Å². The van der Waals surface area contributed by atoms with Crippen LogP contribution in [-0.2, 0) is 14.3 Å². The fraction of sp³-hybridized carbons (Fsp3) is 0.444. The molecule has 1 amide bonds. The number of aryl methyl sites for hydroxylation is 1. The summed E-state index contributed by atoms with van der Waals surface area (Å²) in [5, 5.41) is 0. The maximum Gasteiger partial charge on any atom is 0.295 e. The Hall–Kier alpha value is -3.55. The number of fused-ring (bicyclic) bond motifs is 1. The summed E-state index contributed by atoms with van der Waals surface area (Å²) in [7, 11) is 4.61. The van der Waals surface area contributed by atoms with E-state index in [1.165, 1.54) is 21.3 Å². The average Bonchev–Trinajstić information content (AvgIpc) is 3.16. The molecule has 0 bridgehead atoms. The topological polar surface area (TPSA) is 87.2 Å². The molecule has 0 radical (unpaired) electrons. The lowest BCUT2D eigenvalue weighted by Crippen LogP contribution is -2.41. The van der Waals surface area contributed by atoms with Gasteiger partial charge in [0.15, 0.2) is 23.0 Å². The summed E-state index contributed by atoms with van der Waals surface area (Å²) < 4.78 is 22.9. The lowest BCUT2D eigenvalue weighted by molar-refractivity contribution is -0.132. The first kappa shape index (κ1) is 23.2. The minimum absolute atomic E-state index is 0.0231. The van der Waals surface area contributed by atoms with Crippen LogP contribution in [0.2, 0.25) is 0 Å². The Morgan fingerprint density at radius 1 is 1.03 bits per heavy atom.